The first-order chi connectivity index (χ1) is 20.3. The van der Waals surface area contributed by atoms with Gasteiger partial charge in [-0.15, -0.1) is 0 Å². The van der Waals surface area contributed by atoms with E-state index < -0.39 is 5.91 Å². The zero-order chi connectivity index (χ0) is 30.6. The summed E-state index contributed by atoms with van der Waals surface area (Å²) in [5.74, 6) is 2.36. The van der Waals surface area contributed by atoms with Gasteiger partial charge >= 0.3 is 0 Å². The van der Waals surface area contributed by atoms with E-state index in [1.165, 1.54) is 68.1 Å². The Kier molecular flexibility index (Phi) is 11.1. The van der Waals surface area contributed by atoms with Gasteiger partial charge in [-0.05, 0) is 24.3 Å². The van der Waals surface area contributed by atoms with Crippen LogP contribution in [0.2, 0.25) is 0 Å². The number of carbonyl (C=O) groups excluding carboxylic acids is 2. The standard InChI is InChI=1S/C31H34N2O9.2H2/c1-36-20-15-26(39-4)22(27(16-20)40-5)9-11-30(35)33-19-8-10-25(38-3)23(14-19)32-13-12-24(34)31-28(41-6)17-21(37-2)18-29(31)42-7;;/h8-18,32H,1-7H3,(H,33,35);2*1H/b11-9+,13-12-;;. The maximum absolute atomic E-state index is 13.0. The quantitative estimate of drug-likeness (QED) is 0.181. The van der Waals surface area contributed by atoms with Crippen molar-refractivity contribution in [1.29, 1.82) is 0 Å². The minimum absolute atomic E-state index is 0. The Morgan fingerprint density at radius 2 is 1.17 bits per heavy atom. The smallest absolute Gasteiger partial charge is 0.248 e. The molecule has 42 heavy (non-hydrogen) atoms. The van der Waals surface area contributed by atoms with Gasteiger partial charge in [0.2, 0.25) is 5.91 Å². The molecular formula is C31H38N2O9. The summed E-state index contributed by atoms with van der Waals surface area (Å²) >= 11 is 0. The molecule has 11 nitrogen and oxygen atoms in total. The molecule has 0 aromatic heterocycles. The molecule has 2 N–H and O–H groups in total. The maximum Gasteiger partial charge on any atom is 0.248 e. The molecule has 3 rings (SSSR count). The van der Waals surface area contributed by atoms with Gasteiger partial charge in [0, 0.05) is 51.2 Å². The molecule has 1 amide bonds. The number of hydrogen-bond acceptors (Lipinski definition) is 10. The topological polar surface area (TPSA) is 123 Å². The molecule has 226 valence electrons. The Bertz CT molecular complexity index is 1440. The number of carbonyl (C=O) groups is 2. The molecule has 0 aliphatic rings. The number of allylic oxidation sites excluding steroid dienone is 1. The zero-order valence-electron chi connectivity index (χ0n) is 24.5. The summed E-state index contributed by atoms with van der Waals surface area (Å²) in [5.41, 5.74) is 1.81. The molecule has 0 aliphatic carbocycles. The first-order valence-electron chi connectivity index (χ1n) is 12.6. The van der Waals surface area contributed by atoms with Gasteiger partial charge < -0.3 is 43.8 Å². The second-order valence-corrected chi connectivity index (χ2v) is 8.43. The molecular weight excluding hydrogens is 544 g/mol. The van der Waals surface area contributed by atoms with Crippen LogP contribution in [0.4, 0.5) is 11.4 Å². The molecule has 0 heterocycles. The van der Waals surface area contributed by atoms with Gasteiger partial charge in [0.1, 0.15) is 45.8 Å². The van der Waals surface area contributed by atoms with E-state index in [2.05, 4.69) is 10.6 Å². The fourth-order valence-corrected chi connectivity index (χ4v) is 3.98. The summed E-state index contributed by atoms with van der Waals surface area (Å²) in [4.78, 5) is 25.8. The number of ether oxygens (including phenoxy) is 7. The number of anilines is 2. The predicted octanol–water partition coefficient (Wildman–Crippen LogP) is 5.70. The minimum atomic E-state index is -0.393. The van der Waals surface area contributed by atoms with Gasteiger partial charge in [0.25, 0.3) is 0 Å². The lowest BCUT2D eigenvalue weighted by molar-refractivity contribution is -0.111. The van der Waals surface area contributed by atoms with E-state index >= 15 is 0 Å². The molecule has 0 radical (unpaired) electrons. The summed E-state index contributed by atoms with van der Waals surface area (Å²) in [7, 11) is 10.5. The van der Waals surface area contributed by atoms with Crippen molar-refractivity contribution in [2.45, 2.75) is 0 Å². The number of rotatable bonds is 14. The molecule has 3 aromatic carbocycles. The summed E-state index contributed by atoms with van der Waals surface area (Å²) < 4.78 is 37.5. The van der Waals surface area contributed by atoms with E-state index in [4.69, 9.17) is 33.2 Å². The zero-order valence-corrected chi connectivity index (χ0v) is 24.5. The van der Waals surface area contributed by atoms with Gasteiger partial charge in [-0.25, -0.2) is 0 Å². The number of hydrogen-bond donors (Lipinski definition) is 2. The van der Waals surface area contributed by atoms with Gasteiger partial charge in [0.05, 0.1) is 61.0 Å². The second-order valence-electron chi connectivity index (χ2n) is 8.43. The van der Waals surface area contributed by atoms with Crippen molar-refractivity contribution in [3.05, 3.63) is 71.9 Å². The van der Waals surface area contributed by atoms with Gasteiger partial charge in [-0.1, -0.05) is 0 Å². The first kappa shape index (κ1) is 31.2. The van der Waals surface area contributed by atoms with Crippen molar-refractivity contribution in [3.63, 3.8) is 0 Å². The van der Waals surface area contributed by atoms with Crippen molar-refractivity contribution < 1.29 is 45.6 Å². The summed E-state index contributed by atoms with van der Waals surface area (Å²) in [6.07, 6.45) is 5.73. The molecule has 0 unspecified atom stereocenters. The molecule has 0 bridgehead atoms. The van der Waals surface area contributed by atoms with E-state index in [0.29, 0.717) is 57.2 Å². The SMILES string of the molecule is COc1cc(OC)c(/C=C/C(=O)Nc2ccc(OC)c(N/C=C\C(=O)c3c(OC)cc(OC)cc3OC)c2)c(OC)c1.[HH].[HH]. The monoisotopic (exact) mass is 582 g/mol. The van der Waals surface area contributed by atoms with Crippen molar-refractivity contribution in [2.24, 2.45) is 0 Å². The normalized spacial score (nSPS) is 10.7. The highest BCUT2D eigenvalue weighted by atomic mass is 16.5. The van der Waals surface area contributed by atoms with Crippen molar-refractivity contribution >= 4 is 29.1 Å². The largest absolute Gasteiger partial charge is 0.496 e. The van der Waals surface area contributed by atoms with Gasteiger partial charge in [0.15, 0.2) is 5.78 Å². The molecule has 0 saturated carbocycles. The predicted molar refractivity (Wildman–Crippen MR) is 164 cm³/mol. The van der Waals surface area contributed by atoms with Crippen molar-refractivity contribution in [1.82, 2.24) is 0 Å². The van der Waals surface area contributed by atoms with Crippen LogP contribution in [0, 0.1) is 0 Å². The molecule has 0 atom stereocenters. The number of methoxy groups -OCH3 is 7. The number of amides is 1. The first-order valence-corrected chi connectivity index (χ1v) is 12.6. The molecule has 0 saturated heterocycles. The molecule has 0 fully saturated rings. The van der Waals surface area contributed by atoms with Crippen molar-refractivity contribution in [2.75, 3.05) is 60.4 Å². The average Bonchev–Trinajstić information content (AvgIpc) is 3.02. The van der Waals surface area contributed by atoms with Crippen LogP contribution in [0.25, 0.3) is 6.08 Å². The summed E-state index contributed by atoms with van der Waals surface area (Å²) in [6.45, 7) is 0. The number of nitrogens with one attached hydrogen (secondary N) is 2. The van der Waals surface area contributed by atoms with Crippen LogP contribution < -0.4 is 43.8 Å². The molecule has 0 aliphatic heterocycles. The van der Waals surface area contributed by atoms with Crippen molar-refractivity contribution in [3.8, 4) is 40.2 Å². The molecule has 0 spiro atoms. The van der Waals surface area contributed by atoms with Crippen LogP contribution in [-0.4, -0.2) is 61.5 Å². The number of benzene rings is 3. The Balaban J connectivity index is 0.00000484. The Morgan fingerprint density at radius 3 is 1.67 bits per heavy atom. The highest BCUT2D eigenvalue weighted by molar-refractivity contribution is 6.09. The third kappa shape index (κ3) is 7.45. The second kappa shape index (κ2) is 14.9. The Labute approximate surface area is 247 Å². The lowest BCUT2D eigenvalue weighted by Gasteiger charge is -2.13. The minimum Gasteiger partial charge on any atom is -0.496 e. The number of ketones is 1. The lowest BCUT2D eigenvalue weighted by atomic mass is 10.1. The van der Waals surface area contributed by atoms with E-state index in [0.717, 1.165) is 0 Å². The summed E-state index contributed by atoms with van der Waals surface area (Å²) in [6, 6.07) is 11.6. The van der Waals surface area contributed by atoms with E-state index in [1.807, 2.05) is 0 Å². The van der Waals surface area contributed by atoms with Crippen LogP contribution in [0.1, 0.15) is 18.8 Å². The van der Waals surface area contributed by atoms with Crippen LogP contribution >= 0.6 is 0 Å². The third-order valence-corrected chi connectivity index (χ3v) is 6.06. The fraction of sp³-hybridized carbons (Fsp3) is 0.226. The van der Waals surface area contributed by atoms with Crippen LogP contribution in [0.15, 0.2) is 60.8 Å². The third-order valence-electron chi connectivity index (χ3n) is 6.06. The van der Waals surface area contributed by atoms with Gasteiger partial charge in [-0.3, -0.25) is 9.59 Å². The van der Waals surface area contributed by atoms with E-state index in [-0.39, 0.29) is 14.2 Å². The lowest BCUT2D eigenvalue weighted by Crippen LogP contribution is -2.08. The van der Waals surface area contributed by atoms with E-state index in [9.17, 15) is 9.59 Å². The van der Waals surface area contributed by atoms with Crippen LogP contribution in [-0.2, 0) is 4.79 Å². The highest BCUT2D eigenvalue weighted by Crippen LogP contribution is 2.36. The fourth-order valence-electron chi connectivity index (χ4n) is 3.98. The van der Waals surface area contributed by atoms with Crippen LogP contribution in [0.3, 0.4) is 0 Å². The molecule has 3 aromatic rings. The summed E-state index contributed by atoms with van der Waals surface area (Å²) in [5, 5.41) is 5.83. The van der Waals surface area contributed by atoms with E-state index in [1.54, 1.807) is 48.5 Å². The Hall–Kier alpha value is -5.32. The average molecular weight is 583 g/mol. The Morgan fingerprint density at radius 1 is 0.643 bits per heavy atom. The van der Waals surface area contributed by atoms with Crippen LogP contribution in [0.5, 0.6) is 40.2 Å². The maximum atomic E-state index is 13.0. The van der Waals surface area contributed by atoms with Gasteiger partial charge in [-0.2, -0.15) is 0 Å². The molecule has 11 heteroatoms. The highest BCUT2D eigenvalue weighted by Gasteiger charge is 2.19.